The van der Waals surface area contributed by atoms with Gasteiger partial charge in [-0.2, -0.15) is 0 Å². The van der Waals surface area contributed by atoms with E-state index in [4.69, 9.17) is 4.74 Å². The molecule has 3 heterocycles. The Morgan fingerprint density at radius 2 is 1.81 bits per heavy atom. The first kappa shape index (κ1) is 11.0. The average Bonchev–Trinajstić information content (AvgIpc) is 2.68. The van der Waals surface area contributed by atoms with E-state index in [0.717, 1.165) is 30.5 Å². The third-order valence-corrected chi connectivity index (χ3v) is 4.90. The van der Waals surface area contributed by atoms with Gasteiger partial charge in [0.25, 0.3) is 0 Å². The van der Waals surface area contributed by atoms with Gasteiger partial charge in [0.15, 0.2) is 0 Å². The number of ether oxygens (including phenoxy) is 1. The Labute approximate surface area is 98.3 Å². The van der Waals surface area contributed by atoms with Gasteiger partial charge in [0.05, 0.1) is 6.10 Å². The summed E-state index contributed by atoms with van der Waals surface area (Å²) in [6.45, 7) is 2.24. The van der Waals surface area contributed by atoms with Crippen molar-refractivity contribution >= 4 is 0 Å². The van der Waals surface area contributed by atoms with Gasteiger partial charge in [-0.05, 0) is 50.5 Å². The minimum atomic E-state index is 0.455. The standard InChI is InChI=1S/C13H24N2O/c1-16-13-8-14-5-4-12(13)9-6-10-2-3-11(7-9)15-10/h9-15H,2-8H2,1H3/t9?,10-,11+,12-,13-/m1/s1. The molecule has 0 aromatic carbocycles. The summed E-state index contributed by atoms with van der Waals surface area (Å²) in [6, 6.07) is 1.63. The average molecular weight is 224 g/mol. The van der Waals surface area contributed by atoms with Crippen LogP contribution < -0.4 is 10.6 Å². The molecule has 0 amide bonds. The second-order valence-electron chi connectivity index (χ2n) is 5.80. The monoisotopic (exact) mass is 224 g/mol. The van der Waals surface area contributed by atoms with Crippen molar-refractivity contribution in [1.29, 1.82) is 0 Å². The molecule has 3 fully saturated rings. The third kappa shape index (κ3) is 2.01. The molecule has 2 bridgehead atoms. The Kier molecular flexibility index (Phi) is 3.18. The molecular formula is C13H24N2O. The van der Waals surface area contributed by atoms with Crippen molar-refractivity contribution in [3.63, 3.8) is 0 Å². The zero-order valence-corrected chi connectivity index (χ0v) is 10.2. The van der Waals surface area contributed by atoms with Gasteiger partial charge in [0.2, 0.25) is 0 Å². The van der Waals surface area contributed by atoms with Crippen LogP contribution in [0.25, 0.3) is 0 Å². The number of hydrogen-bond donors (Lipinski definition) is 2. The van der Waals surface area contributed by atoms with Crippen molar-refractivity contribution < 1.29 is 4.74 Å². The molecule has 3 heteroatoms. The molecule has 3 nitrogen and oxygen atoms in total. The highest BCUT2D eigenvalue weighted by Gasteiger charge is 2.40. The van der Waals surface area contributed by atoms with Crippen molar-refractivity contribution in [3.8, 4) is 0 Å². The quantitative estimate of drug-likeness (QED) is 0.738. The van der Waals surface area contributed by atoms with E-state index in [1.165, 1.54) is 38.6 Å². The van der Waals surface area contributed by atoms with Gasteiger partial charge in [-0.25, -0.2) is 0 Å². The SMILES string of the molecule is CO[C@@H]1CNCC[C@@H]1C1C[C@H]2CC[C@@H](C1)N2. The molecule has 0 saturated carbocycles. The predicted molar refractivity (Wildman–Crippen MR) is 64.4 cm³/mol. The van der Waals surface area contributed by atoms with Crippen LogP contribution in [-0.4, -0.2) is 38.4 Å². The lowest BCUT2D eigenvalue weighted by Crippen LogP contribution is -2.49. The lowest BCUT2D eigenvalue weighted by molar-refractivity contribution is -0.00239. The van der Waals surface area contributed by atoms with Gasteiger partial charge < -0.3 is 15.4 Å². The minimum absolute atomic E-state index is 0.455. The molecular weight excluding hydrogens is 200 g/mol. The molecule has 3 saturated heterocycles. The Morgan fingerprint density at radius 1 is 1.06 bits per heavy atom. The number of rotatable bonds is 2. The Balaban J connectivity index is 1.66. The molecule has 16 heavy (non-hydrogen) atoms. The largest absolute Gasteiger partial charge is 0.380 e. The first-order valence-corrected chi connectivity index (χ1v) is 6.86. The summed E-state index contributed by atoms with van der Waals surface area (Å²) >= 11 is 0. The van der Waals surface area contributed by atoms with Crippen LogP contribution in [0.2, 0.25) is 0 Å². The van der Waals surface area contributed by atoms with Crippen molar-refractivity contribution in [2.24, 2.45) is 11.8 Å². The van der Waals surface area contributed by atoms with Gasteiger partial charge in [0.1, 0.15) is 0 Å². The van der Waals surface area contributed by atoms with Crippen LogP contribution >= 0.6 is 0 Å². The molecule has 3 rings (SSSR count). The topological polar surface area (TPSA) is 33.3 Å². The van der Waals surface area contributed by atoms with E-state index in [0.29, 0.717) is 6.10 Å². The van der Waals surface area contributed by atoms with E-state index in [2.05, 4.69) is 10.6 Å². The maximum atomic E-state index is 5.66. The van der Waals surface area contributed by atoms with Crippen LogP contribution in [0.1, 0.15) is 32.1 Å². The van der Waals surface area contributed by atoms with Crippen LogP contribution in [0, 0.1) is 11.8 Å². The highest BCUT2D eigenvalue weighted by molar-refractivity contribution is 4.96. The lowest BCUT2D eigenvalue weighted by Gasteiger charge is -2.40. The minimum Gasteiger partial charge on any atom is -0.380 e. The van der Waals surface area contributed by atoms with Crippen molar-refractivity contribution in [1.82, 2.24) is 10.6 Å². The Morgan fingerprint density at radius 3 is 2.50 bits per heavy atom. The van der Waals surface area contributed by atoms with Crippen molar-refractivity contribution in [2.45, 2.75) is 50.3 Å². The second-order valence-corrected chi connectivity index (χ2v) is 5.80. The summed E-state index contributed by atoms with van der Waals surface area (Å²) in [5, 5.41) is 7.19. The van der Waals surface area contributed by atoms with Crippen LogP contribution in [0.4, 0.5) is 0 Å². The number of fused-ring (bicyclic) bond motifs is 2. The smallest absolute Gasteiger partial charge is 0.0726 e. The molecule has 0 aromatic rings. The summed E-state index contributed by atoms with van der Waals surface area (Å²) in [5.74, 6) is 1.71. The van der Waals surface area contributed by atoms with Gasteiger partial charge in [-0.3, -0.25) is 0 Å². The maximum absolute atomic E-state index is 5.66. The summed E-state index contributed by atoms with van der Waals surface area (Å²) < 4.78 is 5.66. The summed E-state index contributed by atoms with van der Waals surface area (Å²) in [5.41, 5.74) is 0. The molecule has 3 aliphatic rings. The summed E-state index contributed by atoms with van der Waals surface area (Å²) in [7, 11) is 1.88. The number of hydrogen-bond acceptors (Lipinski definition) is 3. The fourth-order valence-electron chi connectivity index (χ4n) is 4.10. The van der Waals surface area contributed by atoms with E-state index in [1.807, 2.05) is 7.11 Å². The molecule has 0 radical (unpaired) electrons. The molecule has 3 aliphatic heterocycles. The van der Waals surface area contributed by atoms with Crippen molar-refractivity contribution in [2.75, 3.05) is 20.2 Å². The van der Waals surface area contributed by atoms with Crippen LogP contribution in [0.3, 0.4) is 0 Å². The van der Waals surface area contributed by atoms with E-state index < -0.39 is 0 Å². The maximum Gasteiger partial charge on any atom is 0.0726 e. The highest BCUT2D eigenvalue weighted by atomic mass is 16.5. The fraction of sp³-hybridized carbons (Fsp3) is 1.00. The van der Waals surface area contributed by atoms with Crippen LogP contribution in [-0.2, 0) is 4.74 Å². The number of methoxy groups -OCH3 is 1. The molecule has 1 unspecified atom stereocenters. The van der Waals surface area contributed by atoms with Gasteiger partial charge in [-0.15, -0.1) is 0 Å². The van der Waals surface area contributed by atoms with E-state index in [9.17, 15) is 0 Å². The molecule has 5 atom stereocenters. The van der Waals surface area contributed by atoms with Crippen molar-refractivity contribution in [3.05, 3.63) is 0 Å². The first-order chi connectivity index (χ1) is 7.86. The number of piperidine rings is 2. The van der Waals surface area contributed by atoms with Gasteiger partial charge >= 0.3 is 0 Å². The summed E-state index contributed by atoms with van der Waals surface area (Å²) in [4.78, 5) is 0. The van der Waals surface area contributed by atoms with E-state index in [-0.39, 0.29) is 0 Å². The third-order valence-electron chi connectivity index (χ3n) is 4.90. The Bertz CT molecular complexity index is 234. The lowest BCUT2D eigenvalue weighted by atomic mass is 9.76. The Hall–Kier alpha value is -0.120. The molecule has 0 aromatic heterocycles. The van der Waals surface area contributed by atoms with Gasteiger partial charge in [-0.1, -0.05) is 0 Å². The summed E-state index contributed by atoms with van der Waals surface area (Å²) in [6.07, 6.45) is 7.36. The van der Waals surface area contributed by atoms with E-state index >= 15 is 0 Å². The van der Waals surface area contributed by atoms with E-state index in [1.54, 1.807) is 0 Å². The van der Waals surface area contributed by atoms with Crippen LogP contribution in [0.15, 0.2) is 0 Å². The zero-order valence-electron chi connectivity index (χ0n) is 10.2. The normalized spacial score (nSPS) is 48.2. The highest BCUT2D eigenvalue weighted by Crippen LogP contribution is 2.38. The molecule has 2 N–H and O–H groups in total. The van der Waals surface area contributed by atoms with Crippen LogP contribution in [0.5, 0.6) is 0 Å². The molecule has 0 aliphatic carbocycles. The number of nitrogens with one attached hydrogen (secondary N) is 2. The zero-order chi connectivity index (χ0) is 11.0. The first-order valence-electron chi connectivity index (χ1n) is 6.86. The molecule has 92 valence electrons. The predicted octanol–water partition coefficient (Wildman–Crippen LogP) is 1.14. The fourth-order valence-corrected chi connectivity index (χ4v) is 4.10. The molecule has 0 spiro atoms. The van der Waals surface area contributed by atoms with Gasteiger partial charge in [0, 0.05) is 25.7 Å². The second kappa shape index (κ2) is 4.63.